The largest absolute Gasteiger partial charge is 0.481 e. The van der Waals surface area contributed by atoms with Gasteiger partial charge in [0.1, 0.15) is 5.01 Å². The number of aromatic nitrogens is 1. The summed E-state index contributed by atoms with van der Waals surface area (Å²) in [6, 6.07) is 12.9. The number of anilines is 1. The highest BCUT2D eigenvalue weighted by molar-refractivity contribution is 7.15. The molecule has 4 nitrogen and oxygen atoms in total. The van der Waals surface area contributed by atoms with Crippen LogP contribution in [0.4, 0.5) is 18.9 Å². The van der Waals surface area contributed by atoms with Crippen molar-refractivity contribution in [1.82, 2.24) is 4.98 Å². The molecular weight excluding hydrogens is 437 g/mol. The second-order valence-corrected chi connectivity index (χ2v) is 9.40. The van der Waals surface area contributed by atoms with Crippen LogP contribution in [-0.2, 0) is 17.5 Å². The molecule has 0 unspecified atom stereocenters. The van der Waals surface area contributed by atoms with Crippen LogP contribution in [0.1, 0.15) is 53.8 Å². The number of carboxylic acids is 1. The molecule has 32 heavy (non-hydrogen) atoms. The first kappa shape index (κ1) is 22.3. The average Bonchev–Trinajstić information content (AvgIpc) is 3.44. The number of thiazole rings is 1. The summed E-state index contributed by atoms with van der Waals surface area (Å²) in [6.45, 7) is 4.63. The molecule has 3 aromatic rings. The number of alkyl halides is 3. The highest BCUT2D eigenvalue weighted by Gasteiger charge is 2.44. The SMILES string of the molecule is CC(C)c1nc(-c2ccc(C(F)(F)F)cc2)sc1CNc1ccc([C@@H]2C[C@H]2C(=O)O)cc1. The maximum Gasteiger partial charge on any atom is 0.416 e. The molecule has 0 amide bonds. The molecule has 1 aromatic heterocycles. The molecule has 0 spiro atoms. The van der Waals surface area contributed by atoms with Gasteiger partial charge in [-0.15, -0.1) is 11.3 Å². The van der Waals surface area contributed by atoms with Gasteiger partial charge in [-0.3, -0.25) is 4.79 Å². The molecule has 2 aromatic carbocycles. The van der Waals surface area contributed by atoms with E-state index in [0.29, 0.717) is 23.5 Å². The maximum atomic E-state index is 12.8. The fourth-order valence-corrected chi connectivity index (χ4v) is 4.89. The Morgan fingerprint density at radius 2 is 1.81 bits per heavy atom. The summed E-state index contributed by atoms with van der Waals surface area (Å²) in [7, 11) is 0. The molecule has 8 heteroatoms. The summed E-state index contributed by atoms with van der Waals surface area (Å²) in [5.74, 6) is -0.742. The topological polar surface area (TPSA) is 62.2 Å². The normalized spacial score (nSPS) is 18.1. The van der Waals surface area contributed by atoms with Crippen molar-refractivity contribution in [2.75, 3.05) is 5.32 Å². The summed E-state index contributed by atoms with van der Waals surface area (Å²) in [5.41, 5.74) is 2.87. The minimum atomic E-state index is -4.36. The van der Waals surface area contributed by atoms with Gasteiger partial charge in [0.05, 0.1) is 23.7 Å². The minimum absolute atomic E-state index is 0.0990. The van der Waals surface area contributed by atoms with E-state index in [1.165, 1.54) is 23.5 Å². The number of carbonyl (C=O) groups is 1. The van der Waals surface area contributed by atoms with Gasteiger partial charge in [0.2, 0.25) is 0 Å². The first-order chi connectivity index (χ1) is 15.1. The summed E-state index contributed by atoms with van der Waals surface area (Å²) >= 11 is 1.47. The zero-order chi connectivity index (χ0) is 23.0. The van der Waals surface area contributed by atoms with Crippen LogP contribution >= 0.6 is 11.3 Å². The molecule has 1 heterocycles. The predicted octanol–water partition coefficient (Wildman–Crippen LogP) is 6.75. The number of aliphatic carboxylic acids is 1. The lowest BCUT2D eigenvalue weighted by Gasteiger charge is -2.09. The third kappa shape index (κ3) is 4.80. The van der Waals surface area contributed by atoms with E-state index >= 15 is 0 Å². The second kappa shape index (κ2) is 8.58. The zero-order valence-corrected chi connectivity index (χ0v) is 18.4. The van der Waals surface area contributed by atoms with Crippen molar-refractivity contribution in [3.05, 3.63) is 70.2 Å². The first-order valence-electron chi connectivity index (χ1n) is 10.4. The van der Waals surface area contributed by atoms with Crippen LogP contribution in [0.15, 0.2) is 48.5 Å². The Labute approximate surface area is 188 Å². The lowest BCUT2D eigenvalue weighted by atomic mass is 10.1. The van der Waals surface area contributed by atoms with Crippen LogP contribution in [0.25, 0.3) is 10.6 Å². The average molecular weight is 461 g/mol. The third-order valence-electron chi connectivity index (χ3n) is 5.63. The van der Waals surface area contributed by atoms with E-state index in [4.69, 9.17) is 10.1 Å². The number of hydrogen-bond acceptors (Lipinski definition) is 4. The number of carboxylic acid groups (broad SMARTS) is 1. The summed E-state index contributed by atoms with van der Waals surface area (Å²) < 4.78 is 38.5. The van der Waals surface area contributed by atoms with Gasteiger partial charge >= 0.3 is 12.1 Å². The van der Waals surface area contributed by atoms with E-state index in [-0.39, 0.29) is 17.8 Å². The van der Waals surface area contributed by atoms with Crippen molar-refractivity contribution in [2.24, 2.45) is 5.92 Å². The number of nitrogens with zero attached hydrogens (tertiary/aromatic N) is 1. The fourth-order valence-electron chi connectivity index (χ4n) is 3.73. The standard InChI is InChI=1S/C24H23F3N2O2S/c1-13(2)21-20(32-22(29-21)15-3-7-16(8-4-15)24(25,26)27)12-28-17-9-5-14(6-10-17)18-11-19(18)23(30)31/h3-10,13,18-19,28H,11-12H2,1-2H3,(H,30,31)/t18-,19+/m0/s1. The molecule has 1 fully saturated rings. The Bertz CT molecular complexity index is 1110. The Morgan fingerprint density at radius 1 is 1.16 bits per heavy atom. The Morgan fingerprint density at radius 3 is 2.34 bits per heavy atom. The highest BCUT2D eigenvalue weighted by Crippen LogP contribution is 2.47. The van der Waals surface area contributed by atoms with Gasteiger partial charge in [-0.1, -0.05) is 38.1 Å². The number of rotatable bonds is 7. The van der Waals surface area contributed by atoms with Crippen molar-refractivity contribution in [1.29, 1.82) is 0 Å². The van der Waals surface area contributed by atoms with E-state index in [1.807, 2.05) is 38.1 Å². The van der Waals surface area contributed by atoms with Gasteiger partial charge in [0.25, 0.3) is 0 Å². The molecule has 1 saturated carbocycles. The van der Waals surface area contributed by atoms with Gasteiger partial charge in [-0.25, -0.2) is 4.98 Å². The third-order valence-corrected chi connectivity index (χ3v) is 6.75. The van der Waals surface area contributed by atoms with E-state index in [0.717, 1.165) is 34.0 Å². The fraction of sp³-hybridized carbons (Fsp3) is 0.333. The van der Waals surface area contributed by atoms with Crippen molar-refractivity contribution in [3.63, 3.8) is 0 Å². The minimum Gasteiger partial charge on any atom is -0.481 e. The molecule has 168 valence electrons. The van der Waals surface area contributed by atoms with E-state index in [2.05, 4.69) is 5.32 Å². The van der Waals surface area contributed by atoms with Crippen LogP contribution in [-0.4, -0.2) is 16.1 Å². The number of hydrogen-bond donors (Lipinski definition) is 2. The molecule has 0 aliphatic heterocycles. The van der Waals surface area contributed by atoms with Gasteiger partial charge in [0, 0.05) is 16.1 Å². The lowest BCUT2D eigenvalue weighted by Crippen LogP contribution is -2.03. The lowest BCUT2D eigenvalue weighted by molar-refractivity contribution is -0.139. The molecular formula is C24H23F3N2O2S. The monoisotopic (exact) mass is 460 g/mol. The Balaban J connectivity index is 1.47. The Hall–Kier alpha value is -2.87. The van der Waals surface area contributed by atoms with Crippen LogP contribution < -0.4 is 5.32 Å². The highest BCUT2D eigenvalue weighted by atomic mass is 32.1. The summed E-state index contributed by atoms with van der Waals surface area (Å²) in [4.78, 5) is 16.8. The number of nitrogens with one attached hydrogen (secondary N) is 1. The summed E-state index contributed by atoms with van der Waals surface area (Å²) in [5, 5.41) is 13.2. The second-order valence-electron chi connectivity index (χ2n) is 8.32. The van der Waals surface area contributed by atoms with Gasteiger partial charge in [0.15, 0.2) is 0 Å². The quantitative estimate of drug-likeness (QED) is 0.409. The molecule has 1 aliphatic carbocycles. The molecule has 4 rings (SSSR count). The molecule has 0 bridgehead atoms. The first-order valence-corrected chi connectivity index (χ1v) is 11.2. The van der Waals surface area contributed by atoms with Crippen molar-refractivity contribution >= 4 is 23.0 Å². The van der Waals surface area contributed by atoms with Gasteiger partial charge < -0.3 is 10.4 Å². The van der Waals surface area contributed by atoms with Crippen LogP contribution in [0.3, 0.4) is 0 Å². The molecule has 0 radical (unpaired) electrons. The smallest absolute Gasteiger partial charge is 0.416 e. The van der Waals surface area contributed by atoms with Crippen LogP contribution in [0.5, 0.6) is 0 Å². The van der Waals surface area contributed by atoms with Crippen molar-refractivity contribution in [2.45, 2.75) is 44.8 Å². The van der Waals surface area contributed by atoms with Gasteiger partial charge in [-0.2, -0.15) is 13.2 Å². The van der Waals surface area contributed by atoms with Gasteiger partial charge in [-0.05, 0) is 48.1 Å². The van der Waals surface area contributed by atoms with E-state index < -0.39 is 17.7 Å². The molecule has 2 atom stereocenters. The van der Waals surface area contributed by atoms with Crippen molar-refractivity contribution < 1.29 is 23.1 Å². The maximum absolute atomic E-state index is 12.8. The van der Waals surface area contributed by atoms with Crippen molar-refractivity contribution in [3.8, 4) is 10.6 Å². The molecule has 1 aliphatic rings. The Kier molecular flexibility index (Phi) is 5.99. The number of benzene rings is 2. The number of halogens is 3. The van der Waals surface area contributed by atoms with Crippen LogP contribution in [0.2, 0.25) is 0 Å². The summed E-state index contributed by atoms with van der Waals surface area (Å²) in [6.07, 6.45) is -3.67. The molecule has 0 saturated heterocycles. The zero-order valence-electron chi connectivity index (χ0n) is 17.6. The van der Waals surface area contributed by atoms with Crippen LogP contribution in [0, 0.1) is 5.92 Å². The predicted molar refractivity (Wildman–Crippen MR) is 119 cm³/mol. The van der Waals surface area contributed by atoms with E-state index in [1.54, 1.807) is 0 Å². The van der Waals surface area contributed by atoms with E-state index in [9.17, 15) is 18.0 Å². The molecule has 2 N–H and O–H groups in total.